The summed E-state index contributed by atoms with van der Waals surface area (Å²) in [4.78, 5) is 25.2. The van der Waals surface area contributed by atoms with Gasteiger partial charge in [0.1, 0.15) is 6.61 Å². The molecule has 0 aliphatic carbocycles. The van der Waals surface area contributed by atoms with Crippen LogP contribution in [0.25, 0.3) is 21.2 Å². The minimum absolute atomic E-state index is 0.00774. The van der Waals surface area contributed by atoms with Gasteiger partial charge in [-0.3, -0.25) is 4.79 Å². The second-order valence-corrected chi connectivity index (χ2v) is 6.20. The third-order valence-corrected chi connectivity index (χ3v) is 4.66. The number of hydrogen-bond donors (Lipinski definition) is 0. The summed E-state index contributed by atoms with van der Waals surface area (Å²) < 4.78 is 10.8. The number of ether oxygens (including phenoxy) is 2. The Morgan fingerprint density at radius 3 is 2.46 bits per heavy atom. The monoisotopic (exact) mass is 340 g/mol. The summed E-state index contributed by atoms with van der Waals surface area (Å²) in [5.41, 5.74) is 1.33. The zero-order valence-corrected chi connectivity index (χ0v) is 14.0. The fourth-order valence-corrected chi connectivity index (χ4v) is 3.58. The first-order chi connectivity index (χ1) is 11.7. The van der Waals surface area contributed by atoms with Crippen LogP contribution in [0.1, 0.15) is 11.8 Å². The zero-order chi connectivity index (χ0) is 16.9. The van der Waals surface area contributed by atoms with Crippen LogP contribution >= 0.6 is 11.3 Å². The lowest BCUT2D eigenvalue weighted by molar-refractivity contribution is 0.0544. The Hall–Kier alpha value is -2.66. The molecule has 0 aliphatic heterocycles. The predicted molar refractivity (Wildman–Crippen MR) is 95.3 cm³/mol. The van der Waals surface area contributed by atoms with Gasteiger partial charge < -0.3 is 9.47 Å². The van der Waals surface area contributed by atoms with Crippen LogP contribution in [0.2, 0.25) is 0 Å². The Morgan fingerprint density at radius 1 is 1.00 bits per heavy atom. The van der Waals surface area contributed by atoms with Crippen molar-refractivity contribution in [1.82, 2.24) is 0 Å². The van der Waals surface area contributed by atoms with Crippen molar-refractivity contribution < 1.29 is 14.3 Å². The van der Waals surface area contributed by atoms with Crippen molar-refractivity contribution in [1.29, 1.82) is 0 Å². The van der Waals surface area contributed by atoms with Gasteiger partial charge in [-0.1, -0.05) is 42.5 Å². The van der Waals surface area contributed by atoms with Gasteiger partial charge in [-0.25, -0.2) is 4.79 Å². The second-order valence-electron chi connectivity index (χ2n) is 5.06. The van der Waals surface area contributed by atoms with Gasteiger partial charge in [0, 0.05) is 15.6 Å². The molecule has 1 aromatic heterocycles. The normalized spacial score (nSPS) is 10.5. The number of fused-ring (bicyclic) bond motifs is 1. The van der Waals surface area contributed by atoms with Gasteiger partial charge in [0.15, 0.2) is 5.43 Å². The number of rotatable bonds is 4. The van der Waals surface area contributed by atoms with Crippen molar-refractivity contribution in [2.45, 2.75) is 13.5 Å². The molecule has 3 rings (SSSR count). The molecule has 0 fully saturated rings. The van der Waals surface area contributed by atoms with Crippen molar-refractivity contribution in [3.05, 3.63) is 69.7 Å². The van der Waals surface area contributed by atoms with Crippen LogP contribution in [0.4, 0.5) is 4.79 Å². The van der Waals surface area contributed by atoms with Crippen LogP contribution in [-0.4, -0.2) is 12.8 Å². The summed E-state index contributed by atoms with van der Waals surface area (Å²) in [6, 6.07) is 16.9. The summed E-state index contributed by atoms with van der Waals surface area (Å²) in [6.45, 7) is 1.97. The van der Waals surface area contributed by atoms with E-state index in [4.69, 9.17) is 9.47 Å². The molecule has 0 spiro atoms. The Labute approximate surface area is 143 Å². The molecule has 0 N–H and O–H groups in total. The maximum atomic E-state index is 13.0. The fourth-order valence-electron chi connectivity index (χ4n) is 2.47. The summed E-state index contributed by atoms with van der Waals surface area (Å²) >= 11 is 1.45. The highest BCUT2D eigenvalue weighted by molar-refractivity contribution is 7.18. The van der Waals surface area contributed by atoms with E-state index in [1.807, 2.05) is 54.6 Å². The lowest BCUT2D eigenvalue weighted by Gasteiger charge is -2.11. The third kappa shape index (κ3) is 3.31. The van der Waals surface area contributed by atoms with E-state index in [2.05, 4.69) is 0 Å². The van der Waals surface area contributed by atoms with E-state index in [9.17, 15) is 9.59 Å². The summed E-state index contributed by atoms with van der Waals surface area (Å²) in [5.74, 6) is 0. The molecule has 0 aliphatic rings. The molecule has 0 saturated heterocycles. The van der Waals surface area contributed by atoms with E-state index in [-0.39, 0.29) is 18.6 Å². The van der Waals surface area contributed by atoms with Crippen molar-refractivity contribution in [3.8, 4) is 11.1 Å². The zero-order valence-electron chi connectivity index (χ0n) is 13.2. The molecule has 122 valence electrons. The fraction of sp³-hybridized carbons (Fsp3) is 0.158. The molecule has 0 saturated carbocycles. The summed E-state index contributed by atoms with van der Waals surface area (Å²) in [7, 11) is 0. The Balaban J connectivity index is 2.11. The van der Waals surface area contributed by atoms with Gasteiger partial charge in [-0.2, -0.15) is 0 Å². The van der Waals surface area contributed by atoms with E-state index in [0.29, 0.717) is 15.8 Å². The van der Waals surface area contributed by atoms with Gasteiger partial charge >= 0.3 is 6.16 Å². The molecule has 0 unspecified atom stereocenters. The first-order valence-corrected chi connectivity index (χ1v) is 8.42. The van der Waals surface area contributed by atoms with Crippen molar-refractivity contribution >= 4 is 27.6 Å². The molecular formula is C19H16O4S. The highest BCUT2D eigenvalue weighted by Crippen LogP contribution is 2.29. The molecule has 24 heavy (non-hydrogen) atoms. The van der Waals surface area contributed by atoms with Crippen LogP contribution in [0.15, 0.2) is 59.4 Å². The van der Waals surface area contributed by atoms with Crippen molar-refractivity contribution in [2.75, 3.05) is 6.61 Å². The molecular weight excluding hydrogens is 324 g/mol. The van der Waals surface area contributed by atoms with Gasteiger partial charge in [-0.15, -0.1) is 11.3 Å². The second kappa shape index (κ2) is 7.27. The minimum atomic E-state index is -0.732. The smallest absolute Gasteiger partial charge is 0.435 e. The Morgan fingerprint density at radius 2 is 1.71 bits per heavy atom. The van der Waals surface area contributed by atoms with E-state index < -0.39 is 6.16 Å². The van der Waals surface area contributed by atoms with E-state index in [1.54, 1.807) is 6.92 Å². The first kappa shape index (κ1) is 16.2. The van der Waals surface area contributed by atoms with Crippen LogP contribution in [0, 0.1) is 0 Å². The maximum Gasteiger partial charge on any atom is 0.508 e. The number of carbonyl (C=O) groups excluding carboxylic acids is 1. The van der Waals surface area contributed by atoms with Gasteiger partial charge in [-0.05, 0) is 24.6 Å². The third-order valence-electron chi connectivity index (χ3n) is 3.52. The molecule has 0 amide bonds. The van der Waals surface area contributed by atoms with Crippen LogP contribution in [0.3, 0.4) is 0 Å². The average Bonchev–Trinajstić information content (AvgIpc) is 2.61. The van der Waals surface area contributed by atoms with Crippen LogP contribution in [-0.2, 0) is 16.1 Å². The van der Waals surface area contributed by atoms with Crippen molar-refractivity contribution in [2.24, 2.45) is 0 Å². The summed E-state index contributed by atoms with van der Waals surface area (Å²) in [6.07, 6.45) is -0.732. The molecule has 2 aromatic carbocycles. The Bertz CT molecular complexity index is 916. The van der Waals surface area contributed by atoms with Gasteiger partial charge in [0.05, 0.1) is 11.5 Å². The Kier molecular flexibility index (Phi) is 4.91. The minimum Gasteiger partial charge on any atom is -0.435 e. The SMILES string of the molecule is CCOC(=O)OCc1sc2ccccc2c(=O)c1-c1ccccc1. The maximum absolute atomic E-state index is 13.0. The molecule has 0 bridgehead atoms. The topological polar surface area (TPSA) is 52.6 Å². The largest absolute Gasteiger partial charge is 0.508 e. The number of carbonyl (C=O) groups is 1. The quantitative estimate of drug-likeness (QED) is 0.651. The van der Waals surface area contributed by atoms with Crippen LogP contribution < -0.4 is 5.43 Å². The van der Waals surface area contributed by atoms with Crippen LogP contribution in [0.5, 0.6) is 0 Å². The van der Waals surface area contributed by atoms with Gasteiger partial charge in [0.2, 0.25) is 0 Å². The molecule has 4 nitrogen and oxygen atoms in total. The highest BCUT2D eigenvalue weighted by atomic mass is 32.1. The number of hydrogen-bond acceptors (Lipinski definition) is 5. The predicted octanol–water partition coefficient (Wildman–Crippen LogP) is 4.60. The molecule has 3 aromatic rings. The standard InChI is InChI=1S/C19H16O4S/c1-2-22-19(21)23-12-16-17(13-8-4-3-5-9-13)18(20)14-10-6-7-11-15(14)24-16/h3-11H,2,12H2,1H3. The molecule has 0 atom stereocenters. The van der Waals surface area contributed by atoms with E-state index >= 15 is 0 Å². The summed E-state index contributed by atoms with van der Waals surface area (Å²) in [5, 5.41) is 0.668. The lowest BCUT2D eigenvalue weighted by atomic mass is 10.0. The van der Waals surface area contributed by atoms with Gasteiger partial charge in [0.25, 0.3) is 0 Å². The van der Waals surface area contributed by atoms with Crippen molar-refractivity contribution in [3.63, 3.8) is 0 Å². The first-order valence-electron chi connectivity index (χ1n) is 7.60. The van der Waals surface area contributed by atoms with E-state index in [0.717, 1.165) is 10.3 Å². The average molecular weight is 340 g/mol. The lowest BCUT2D eigenvalue weighted by Crippen LogP contribution is -2.11. The highest BCUT2D eigenvalue weighted by Gasteiger charge is 2.16. The molecule has 5 heteroatoms. The van der Waals surface area contributed by atoms with E-state index in [1.165, 1.54) is 11.3 Å². The molecule has 1 heterocycles. The molecule has 0 radical (unpaired) electrons. The number of benzene rings is 2.